The number of amides is 1. The van der Waals surface area contributed by atoms with E-state index in [4.69, 9.17) is 9.84 Å². The minimum atomic E-state index is -1.45. The smallest absolute Gasteiger partial charge is 0.394 e. The summed E-state index contributed by atoms with van der Waals surface area (Å²) in [5.41, 5.74) is 2.68. The zero-order valence-electron chi connectivity index (χ0n) is 17.3. The lowest BCUT2D eigenvalue weighted by Crippen LogP contribution is -2.38. The molecule has 1 atom stereocenters. The van der Waals surface area contributed by atoms with Crippen molar-refractivity contribution in [3.8, 4) is 5.75 Å². The van der Waals surface area contributed by atoms with Gasteiger partial charge in [-0.05, 0) is 48.6 Å². The van der Waals surface area contributed by atoms with Crippen LogP contribution in [0.2, 0.25) is 0 Å². The van der Waals surface area contributed by atoms with Gasteiger partial charge in [-0.1, -0.05) is 55.7 Å². The Hall–Kier alpha value is -3.41. The molecule has 6 heteroatoms. The Morgan fingerprint density at radius 3 is 2.48 bits per heavy atom. The van der Waals surface area contributed by atoms with Crippen molar-refractivity contribution in [3.63, 3.8) is 0 Å². The van der Waals surface area contributed by atoms with Crippen LogP contribution < -0.4 is 10.1 Å². The molecule has 160 valence electrons. The molecule has 1 heterocycles. The van der Waals surface area contributed by atoms with E-state index in [1.54, 1.807) is 0 Å². The van der Waals surface area contributed by atoms with E-state index < -0.39 is 11.9 Å². The summed E-state index contributed by atoms with van der Waals surface area (Å²) in [7, 11) is 0. The number of ether oxygens (including phenoxy) is 1. The summed E-state index contributed by atoms with van der Waals surface area (Å²) in [6, 6.07) is 19.2. The molecular weight excluding hydrogens is 392 g/mol. The number of benzene rings is 2. The minimum absolute atomic E-state index is 0.241. The number of hydrogen-bond acceptors (Lipinski definition) is 4. The summed E-state index contributed by atoms with van der Waals surface area (Å²) in [5.74, 6) is -1.47. The first-order valence-electron chi connectivity index (χ1n) is 10.7. The van der Waals surface area contributed by atoms with Crippen molar-refractivity contribution in [3.05, 3.63) is 71.9 Å². The average molecular weight is 418 g/mol. The normalized spacial score (nSPS) is 15.4. The molecule has 31 heavy (non-hydrogen) atoms. The number of aromatic nitrogens is 1. The highest BCUT2D eigenvalue weighted by Gasteiger charge is 2.28. The summed E-state index contributed by atoms with van der Waals surface area (Å²) in [6.07, 6.45) is 5.35. The first kappa shape index (κ1) is 20.8. The molecule has 1 aliphatic carbocycles. The number of rotatable bonds is 6. The number of nitrogens with zero attached hydrogens (tertiary/aromatic N) is 1. The van der Waals surface area contributed by atoms with Crippen molar-refractivity contribution >= 4 is 22.8 Å². The van der Waals surface area contributed by atoms with Crippen LogP contribution in [0.1, 0.15) is 49.4 Å². The maximum absolute atomic E-state index is 11.8. The number of carbonyl (C=O) groups is 2. The molecule has 0 bridgehead atoms. The summed E-state index contributed by atoms with van der Waals surface area (Å²) in [6.45, 7) is 0.353. The SMILES string of the molecule is O=C(O)C(=O)NC(c1ccc(OCc2ccc3ccccc3n2)cc1)C1CCCCC1. The van der Waals surface area contributed by atoms with E-state index in [0.29, 0.717) is 12.4 Å². The monoisotopic (exact) mass is 418 g/mol. The summed E-state index contributed by atoms with van der Waals surface area (Å²) in [4.78, 5) is 27.5. The van der Waals surface area contributed by atoms with E-state index in [0.717, 1.165) is 47.8 Å². The average Bonchev–Trinajstić information content (AvgIpc) is 2.82. The molecule has 2 N–H and O–H groups in total. The van der Waals surface area contributed by atoms with Crippen LogP contribution in [0, 0.1) is 5.92 Å². The van der Waals surface area contributed by atoms with Crippen molar-refractivity contribution in [2.75, 3.05) is 0 Å². The van der Waals surface area contributed by atoms with Crippen LogP contribution in [0.4, 0.5) is 0 Å². The van der Waals surface area contributed by atoms with Crippen molar-refractivity contribution in [1.82, 2.24) is 10.3 Å². The van der Waals surface area contributed by atoms with E-state index in [2.05, 4.69) is 10.3 Å². The van der Waals surface area contributed by atoms with Gasteiger partial charge < -0.3 is 15.2 Å². The number of carboxylic acid groups (broad SMARTS) is 1. The Morgan fingerprint density at radius 2 is 1.74 bits per heavy atom. The van der Waals surface area contributed by atoms with Gasteiger partial charge in [-0.3, -0.25) is 4.79 Å². The number of nitrogens with one attached hydrogen (secondary N) is 1. The van der Waals surface area contributed by atoms with Crippen LogP contribution in [0.5, 0.6) is 5.75 Å². The van der Waals surface area contributed by atoms with Crippen LogP contribution in [0.3, 0.4) is 0 Å². The molecule has 1 saturated carbocycles. The number of pyridine rings is 1. The quantitative estimate of drug-likeness (QED) is 0.570. The molecule has 4 rings (SSSR count). The lowest BCUT2D eigenvalue weighted by atomic mass is 9.81. The van der Waals surface area contributed by atoms with Crippen LogP contribution >= 0.6 is 0 Å². The van der Waals surface area contributed by atoms with Gasteiger partial charge >= 0.3 is 11.9 Å². The molecule has 0 aliphatic heterocycles. The highest BCUT2D eigenvalue weighted by atomic mass is 16.5. The third-order valence-electron chi connectivity index (χ3n) is 5.88. The Kier molecular flexibility index (Phi) is 6.46. The minimum Gasteiger partial charge on any atom is -0.487 e. The molecular formula is C25H26N2O4. The Balaban J connectivity index is 1.45. The summed E-state index contributed by atoms with van der Waals surface area (Å²) >= 11 is 0. The number of carbonyl (C=O) groups excluding carboxylic acids is 1. The van der Waals surface area contributed by atoms with E-state index in [1.165, 1.54) is 6.42 Å². The third-order valence-corrected chi connectivity index (χ3v) is 5.88. The standard InChI is InChI=1S/C25H26N2O4/c28-24(25(29)30)27-23(18-7-2-1-3-8-18)19-11-14-21(15-12-19)31-16-20-13-10-17-6-4-5-9-22(17)26-20/h4-6,9-15,18,23H,1-3,7-8,16H2,(H,27,28)(H,29,30). The molecule has 1 amide bonds. The van der Waals surface area contributed by atoms with E-state index >= 15 is 0 Å². The molecule has 0 spiro atoms. The van der Waals surface area contributed by atoms with Crippen LogP contribution in [0.25, 0.3) is 10.9 Å². The number of hydrogen-bond donors (Lipinski definition) is 2. The van der Waals surface area contributed by atoms with Gasteiger partial charge in [0.15, 0.2) is 0 Å². The molecule has 3 aromatic rings. The van der Waals surface area contributed by atoms with Gasteiger partial charge in [0.25, 0.3) is 0 Å². The predicted octanol–water partition coefficient (Wildman–Crippen LogP) is 4.64. The molecule has 1 aromatic heterocycles. The van der Waals surface area contributed by atoms with E-state index in [1.807, 2.05) is 60.7 Å². The van der Waals surface area contributed by atoms with Crippen LogP contribution in [-0.4, -0.2) is 22.0 Å². The largest absolute Gasteiger partial charge is 0.487 e. The molecule has 0 radical (unpaired) electrons. The zero-order valence-corrected chi connectivity index (χ0v) is 17.3. The van der Waals surface area contributed by atoms with Gasteiger partial charge in [-0.2, -0.15) is 0 Å². The second-order valence-electron chi connectivity index (χ2n) is 8.01. The first-order chi connectivity index (χ1) is 15.1. The topological polar surface area (TPSA) is 88.5 Å². The second kappa shape index (κ2) is 9.60. The number of fused-ring (bicyclic) bond motifs is 1. The van der Waals surface area contributed by atoms with Crippen LogP contribution in [0.15, 0.2) is 60.7 Å². The van der Waals surface area contributed by atoms with Gasteiger partial charge in [-0.25, -0.2) is 9.78 Å². The van der Waals surface area contributed by atoms with E-state index in [9.17, 15) is 9.59 Å². The second-order valence-corrected chi connectivity index (χ2v) is 8.01. The summed E-state index contributed by atoms with van der Waals surface area (Å²) < 4.78 is 5.90. The Morgan fingerprint density at radius 1 is 1.00 bits per heavy atom. The van der Waals surface area contributed by atoms with Crippen molar-refractivity contribution in [2.45, 2.75) is 44.8 Å². The highest BCUT2D eigenvalue weighted by Crippen LogP contribution is 2.35. The van der Waals surface area contributed by atoms with Crippen molar-refractivity contribution in [2.24, 2.45) is 5.92 Å². The van der Waals surface area contributed by atoms with Gasteiger partial charge in [0.05, 0.1) is 17.3 Å². The number of para-hydroxylation sites is 1. The molecule has 2 aromatic carbocycles. The van der Waals surface area contributed by atoms with Crippen molar-refractivity contribution < 1.29 is 19.4 Å². The van der Waals surface area contributed by atoms with Gasteiger partial charge in [0.1, 0.15) is 12.4 Å². The molecule has 6 nitrogen and oxygen atoms in total. The van der Waals surface area contributed by atoms with Crippen LogP contribution in [-0.2, 0) is 16.2 Å². The number of carboxylic acids is 1. The van der Waals surface area contributed by atoms with Crippen molar-refractivity contribution in [1.29, 1.82) is 0 Å². The third kappa shape index (κ3) is 5.20. The fourth-order valence-corrected chi connectivity index (χ4v) is 4.26. The maximum Gasteiger partial charge on any atom is 0.394 e. The molecule has 1 unspecified atom stereocenters. The highest BCUT2D eigenvalue weighted by molar-refractivity contribution is 6.31. The summed E-state index contributed by atoms with van der Waals surface area (Å²) in [5, 5.41) is 12.8. The van der Waals surface area contributed by atoms with Gasteiger partial charge in [-0.15, -0.1) is 0 Å². The number of aliphatic carboxylic acids is 1. The molecule has 0 saturated heterocycles. The predicted molar refractivity (Wildman–Crippen MR) is 118 cm³/mol. The maximum atomic E-state index is 11.8. The lowest BCUT2D eigenvalue weighted by molar-refractivity contribution is -0.150. The van der Waals surface area contributed by atoms with E-state index in [-0.39, 0.29) is 12.0 Å². The van der Waals surface area contributed by atoms with Gasteiger partial charge in [0.2, 0.25) is 0 Å². The Bertz CT molecular complexity index is 1060. The molecule has 1 aliphatic rings. The zero-order chi connectivity index (χ0) is 21.6. The lowest BCUT2D eigenvalue weighted by Gasteiger charge is -2.31. The fraction of sp³-hybridized carbons (Fsp3) is 0.320. The molecule has 1 fully saturated rings. The first-order valence-corrected chi connectivity index (χ1v) is 10.7. The van der Waals surface area contributed by atoms with Gasteiger partial charge in [0, 0.05) is 5.39 Å². The Labute approximate surface area is 181 Å². The fourth-order valence-electron chi connectivity index (χ4n) is 4.26.